The Labute approximate surface area is 167 Å². The van der Waals surface area contributed by atoms with E-state index in [4.69, 9.17) is 9.47 Å². The van der Waals surface area contributed by atoms with Gasteiger partial charge in [-0.1, -0.05) is 50.1 Å². The number of hydrogen-bond donors (Lipinski definition) is 0. The molecular weight excluding hydrogens is 360 g/mol. The molecule has 2 unspecified atom stereocenters. The van der Waals surface area contributed by atoms with Gasteiger partial charge in [0, 0.05) is 14.1 Å². The summed E-state index contributed by atoms with van der Waals surface area (Å²) < 4.78 is 10.5. The number of rotatable bonds is 10. The van der Waals surface area contributed by atoms with E-state index in [9.17, 15) is 14.4 Å². The Kier molecular flexibility index (Phi) is 10.1. The Morgan fingerprint density at radius 2 is 1.57 bits per heavy atom. The van der Waals surface area contributed by atoms with Crippen LogP contribution in [0, 0.1) is 0 Å². The summed E-state index contributed by atoms with van der Waals surface area (Å²) in [5.74, 6) is -0.814. The molecule has 0 heterocycles. The number of nitrogens with zero attached hydrogens (tertiary/aromatic N) is 2. The molecule has 0 aliphatic rings. The van der Waals surface area contributed by atoms with Crippen LogP contribution in [0.3, 0.4) is 0 Å². The molecule has 0 aromatic heterocycles. The van der Waals surface area contributed by atoms with Crippen molar-refractivity contribution in [2.45, 2.75) is 58.7 Å². The third-order valence-corrected chi connectivity index (χ3v) is 4.69. The number of esters is 1. The van der Waals surface area contributed by atoms with E-state index >= 15 is 0 Å². The fourth-order valence-corrected chi connectivity index (χ4v) is 2.43. The van der Waals surface area contributed by atoms with Crippen LogP contribution in [0.2, 0.25) is 0 Å². The highest BCUT2D eigenvalue weighted by Gasteiger charge is 2.31. The van der Waals surface area contributed by atoms with E-state index in [0.717, 1.165) is 24.8 Å². The lowest BCUT2D eigenvalue weighted by Gasteiger charge is -2.30. The monoisotopic (exact) mass is 392 g/mol. The van der Waals surface area contributed by atoms with Crippen molar-refractivity contribution in [2.75, 3.05) is 20.7 Å². The first-order valence-electron chi connectivity index (χ1n) is 9.66. The van der Waals surface area contributed by atoms with Gasteiger partial charge in [-0.2, -0.15) is 0 Å². The Morgan fingerprint density at radius 3 is 2.18 bits per heavy atom. The van der Waals surface area contributed by atoms with Crippen molar-refractivity contribution in [3.8, 4) is 0 Å². The van der Waals surface area contributed by atoms with E-state index in [1.807, 2.05) is 30.3 Å². The van der Waals surface area contributed by atoms with E-state index < -0.39 is 24.1 Å². The lowest BCUT2D eigenvalue weighted by atomic mass is 10.2. The molecule has 0 aliphatic heterocycles. The zero-order chi connectivity index (χ0) is 21.1. The van der Waals surface area contributed by atoms with Gasteiger partial charge in [0.15, 0.2) is 0 Å². The van der Waals surface area contributed by atoms with Crippen LogP contribution < -0.4 is 0 Å². The summed E-state index contributed by atoms with van der Waals surface area (Å²) in [6, 6.07) is 7.79. The summed E-state index contributed by atoms with van der Waals surface area (Å²) in [6.45, 7) is 5.75. The van der Waals surface area contributed by atoms with Crippen molar-refractivity contribution in [1.82, 2.24) is 9.80 Å². The van der Waals surface area contributed by atoms with E-state index in [0.29, 0.717) is 6.61 Å². The quantitative estimate of drug-likeness (QED) is 0.451. The standard InChI is InChI=1S/C21H32N2O5/c1-6-7-11-14-27-20(25)17(3)22(4)19(24)16(2)23(5)21(26)28-15-18-12-9-8-10-13-18/h8-10,12-13,16-17H,6-7,11,14-15H2,1-5H3. The third kappa shape index (κ3) is 7.21. The first-order valence-corrected chi connectivity index (χ1v) is 9.66. The van der Waals surface area contributed by atoms with Gasteiger partial charge >= 0.3 is 12.1 Å². The Hall–Kier alpha value is -2.57. The predicted molar refractivity (Wildman–Crippen MR) is 107 cm³/mol. The molecule has 0 fully saturated rings. The van der Waals surface area contributed by atoms with Crippen LogP contribution in [0.1, 0.15) is 45.6 Å². The molecule has 2 atom stereocenters. The summed E-state index contributed by atoms with van der Waals surface area (Å²) in [7, 11) is 3.03. The second-order valence-corrected chi connectivity index (χ2v) is 6.83. The molecule has 0 N–H and O–H groups in total. The smallest absolute Gasteiger partial charge is 0.410 e. The minimum atomic E-state index is -0.774. The second-order valence-electron chi connectivity index (χ2n) is 6.83. The van der Waals surface area contributed by atoms with Gasteiger partial charge in [-0.05, 0) is 25.8 Å². The molecule has 7 nitrogen and oxygen atoms in total. The molecule has 0 aliphatic carbocycles. The van der Waals surface area contributed by atoms with Crippen LogP contribution >= 0.6 is 0 Å². The number of hydrogen-bond acceptors (Lipinski definition) is 5. The number of likely N-dealkylation sites (N-methyl/N-ethyl adjacent to an activating group) is 2. The number of benzene rings is 1. The van der Waals surface area contributed by atoms with Gasteiger partial charge in [0.25, 0.3) is 0 Å². The molecule has 156 valence electrons. The number of carbonyl (C=O) groups excluding carboxylic acids is 3. The molecule has 0 saturated heterocycles. The van der Waals surface area contributed by atoms with Crippen LogP contribution in [0.25, 0.3) is 0 Å². The molecule has 1 aromatic rings. The van der Waals surface area contributed by atoms with Crippen LogP contribution in [0.4, 0.5) is 4.79 Å². The van der Waals surface area contributed by atoms with Gasteiger partial charge in [0.05, 0.1) is 6.61 Å². The van der Waals surface area contributed by atoms with Gasteiger partial charge in [-0.25, -0.2) is 9.59 Å². The summed E-state index contributed by atoms with van der Waals surface area (Å²) in [5.41, 5.74) is 0.861. The number of amides is 2. The maximum Gasteiger partial charge on any atom is 0.410 e. The normalized spacial score (nSPS) is 12.6. The molecule has 0 bridgehead atoms. The van der Waals surface area contributed by atoms with Crippen molar-refractivity contribution in [3.05, 3.63) is 35.9 Å². The van der Waals surface area contributed by atoms with Crippen molar-refractivity contribution < 1.29 is 23.9 Å². The highest BCUT2D eigenvalue weighted by molar-refractivity contribution is 5.89. The molecule has 0 radical (unpaired) electrons. The van der Waals surface area contributed by atoms with Crippen LogP contribution in [0.15, 0.2) is 30.3 Å². The molecule has 2 amide bonds. The van der Waals surface area contributed by atoms with Gasteiger partial charge in [-0.15, -0.1) is 0 Å². The summed E-state index contributed by atoms with van der Waals surface area (Å²) in [5, 5.41) is 0. The van der Waals surface area contributed by atoms with Crippen LogP contribution in [-0.2, 0) is 25.7 Å². The Morgan fingerprint density at radius 1 is 0.929 bits per heavy atom. The number of carbonyl (C=O) groups is 3. The minimum absolute atomic E-state index is 0.126. The highest BCUT2D eigenvalue weighted by atomic mass is 16.6. The fourth-order valence-electron chi connectivity index (χ4n) is 2.43. The van der Waals surface area contributed by atoms with E-state index in [2.05, 4.69) is 6.92 Å². The Balaban J connectivity index is 2.53. The van der Waals surface area contributed by atoms with Crippen molar-refractivity contribution >= 4 is 18.0 Å². The second kappa shape index (κ2) is 12.0. The molecular formula is C21H32N2O5. The highest BCUT2D eigenvalue weighted by Crippen LogP contribution is 2.09. The lowest BCUT2D eigenvalue weighted by molar-refractivity contribution is -0.154. The fraction of sp³-hybridized carbons (Fsp3) is 0.571. The first-order chi connectivity index (χ1) is 13.3. The summed E-state index contributed by atoms with van der Waals surface area (Å²) in [4.78, 5) is 39.5. The summed E-state index contributed by atoms with van der Waals surface area (Å²) in [6.07, 6.45) is 2.23. The SMILES string of the molecule is CCCCCOC(=O)C(C)N(C)C(=O)C(C)N(C)C(=O)OCc1ccccc1. The molecule has 1 rings (SSSR count). The molecule has 0 spiro atoms. The topological polar surface area (TPSA) is 76.2 Å². The Bertz CT molecular complexity index is 635. The first kappa shape index (κ1) is 23.5. The van der Waals surface area contributed by atoms with Crippen molar-refractivity contribution in [2.24, 2.45) is 0 Å². The predicted octanol–water partition coefficient (Wildman–Crippen LogP) is 3.22. The molecule has 1 aromatic carbocycles. The maximum absolute atomic E-state index is 12.7. The largest absolute Gasteiger partial charge is 0.464 e. The molecule has 0 saturated carbocycles. The zero-order valence-corrected chi connectivity index (χ0v) is 17.5. The number of ether oxygens (including phenoxy) is 2. The molecule has 7 heteroatoms. The van der Waals surface area contributed by atoms with E-state index in [1.54, 1.807) is 13.8 Å². The van der Waals surface area contributed by atoms with Gasteiger partial charge in [-0.3, -0.25) is 9.69 Å². The third-order valence-electron chi connectivity index (χ3n) is 4.69. The minimum Gasteiger partial charge on any atom is -0.464 e. The molecule has 28 heavy (non-hydrogen) atoms. The summed E-state index contributed by atoms with van der Waals surface area (Å²) >= 11 is 0. The van der Waals surface area contributed by atoms with Crippen molar-refractivity contribution in [3.63, 3.8) is 0 Å². The van der Waals surface area contributed by atoms with Gasteiger partial charge in [0.1, 0.15) is 18.7 Å². The maximum atomic E-state index is 12.7. The zero-order valence-electron chi connectivity index (χ0n) is 17.5. The average molecular weight is 392 g/mol. The van der Waals surface area contributed by atoms with E-state index in [-0.39, 0.29) is 12.5 Å². The van der Waals surface area contributed by atoms with Crippen LogP contribution in [-0.4, -0.2) is 60.6 Å². The van der Waals surface area contributed by atoms with Crippen LogP contribution in [0.5, 0.6) is 0 Å². The number of unbranched alkanes of at least 4 members (excludes halogenated alkanes) is 2. The average Bonchev–Trinajstić information content (AvgIpc) is 2.72. The van der Waals surface area contributed by atoms with Crippen molar-refractivity contribution in [1.29, 1.82) is 0 Å². The lowest BCUT2D eigenvalue weighted by Crippen LogP contribution is -2.51. The van der Waals surface area contributed by atoms with Gasteiger partial charge in [0.2, 0.25) is 5.91 Å². The van der Waals surface area contributed by atoms with E-state index in [1.165, 1.54) is 23.9 Å². The van der Waals surface area contributed by atoms with Gasteiger partial charge < -0.3 is 14.4 Å².